The van der Waals surface area contributed by atoms with Crippen LogP contribution in [0.1, 0.15) is 20.8 Å². The Morgan fingerprint density at radius 3 is 2.63 bits per heavy atom. The summed E-state index contributed by atoms with van der Waals surface area (Å²) in [5, 5.41) is 1.71. The Labute approximate surface area is 193 Å². The topological polar surface area (TPSA) is 43.9 Å². The van der Waals surface area contributed by atoms with Crippen LogP contribution in [0.25, 0.3) is 0 Å². The van der Waals surface area contributed by atoms with Gasteiger partial charge in [-0.05, 0) is 49.6 Å². The Morgan fingerprint density at radius 1 is 1.20 bits per heavy atom. The van der Waals surface area contributed by atoms with Crippen molar-refractivity contribution in [1.29, 1.82) is 0 Å². The number of amides is 1. The van der Waals surface area contributed by atoms with Crippen LogP contribution in [0.5, 0.6) is 0 Å². The molecule has 158 valence electrons. The van der Waals surface area contributed by atoms with E-state index in [9.17, 15) is 9.00 Å². The van der Waals surface area contributed by atoms with Gasteiger partial charge in [-0.1, -0.05) is 36.1 Å². The highest BCUT2D eigenvalue weighted by Gasteiger charge is 2.38. The summed E-state index contributed by atoms with van der Waals surface area (Å²) in [7, 11) is -1.42. The highest BCUT2D eigenvalue weighted by atomic mass is 32.2. The van der Waals surface area contributed by atoms with E-state index < -0.39 is 10.8 Å². The van der Waals surface area contributed by atoms with Gasteiger partial charge in [-0.25, -0.2) is 4.21 Å². The monoisotopic (exact) mass is 477 g/mol. The number of para-hydroxylation sites is 1. The van der Waals surface area contributed by atoms with Crippen LogP contribution in [0.4, 0.5) is 5.69 Å². The van der Waals surface area contributed by atoms with E-state index in [1.54, 1.807) is 4.90 Å². The lowest BCUT2D eigenvalue weighted by Crippen LogP contribution is -2.28. The first-order valence-corrected chi connectivity index (χ1v) is 13.1. The Kier molecular flexibility index (Phi) is 6.34. The van der Waals surface area contributed by atoms with Crippen LogP contribution in [-0.2, 0) is 27.4 Å². The molecule has 0 aliphatic carbocycles. The molecule has 0 bridgehead atoms. The van der Waals surface area contributed by atoms with Gasteiger partial charge in [0.1, 0.15) is 14.3 Å². The molecule has 1 fully saturated rings. The predicted molar refractivity (Wildman–Crippen MR) is 132 cm³/mol. The standard InChI is InChI=1S/C21H23N3O2S4/c1-4-22-13-14(30(26)20(22)18-19(25)24(6-3)21(27)29-18)11-12-17-23(5-2)15-9-7-8-10-16(15)28-17/h7-13,28H,4-6H2,1-3H3. The average molecular weight is 478 g/mol. The van der Waals surface area contributed by atoms with Crippen molar-refractivity contribution in [2.75, 3.05) is 24.5 Å². The minimum Gasteiger partial charge on any atom is -0.377 e. The zero-order valence-electron chi connectivity index (χ0n) is 17.0. The lowest BCUT2D eigenvalue weighted by molar-refractivity contribution is -0.122. The van der Waals surface area contributed by atoms with E-state index in [-0.39, 0.29) is 5.91 Å². The van der Waals surface area contributed by atoms with Crippen LogP contribution < -0.4 is 4.90 Å². The minimum absolute atomic E-state index is 0.149. The summed E-state index contributed by atoms with van der Waals surface area (Å²) < 4.78 is 13.8. The first-order chi connectivity index (χ1) is 14.5. The molecule has 0 aromatic heterocycles. The van der Waals surface area contributed by atoms with Crippen molar-refractivity contribution in [2.24, 2.45) is 0 Å². The molecule has 1 amide bonds. The van der Waals surface area contributed by atoms with Crippen LogP contribution in [0.2, 0.25) is 0 Å². The van der Waals surface area contributed by atoms with Gasteiger partial charge in [0.25, 0.3) is 5.91 Å². The normalized spacial score (nSPS) is 24.0. The molecule has 9 heteroatoms. The molecule has 5 nitrogen and oxygen atoms in total. The summed E-state index contributed by atoms with van der Waals surface area (Å²) in [6.07, 6.45) is 5.85. The molecule has 1 aromatic carbocycles. The first kappa shape index (κ1) is 21.5. The lowest BCUT2D eigenvalue weighted by Gasteiger charge is -2.23. The largest absolute Gasteiger partial charge is 0.377 e. The number of anilines is 1. The van der Waals surface area contributed by atoms with Crippen LogP contribution >= 0.6 is 24.0 Å². The van der Waals surface area contributed by atoms with Gasteiger partial charge >= 0.3 is 0 Å². The van der Waals surface area contributed by atoms with Gasteiger partial charge in [-0.3, -0.25) is 9.69 Å². The predicted octanol–water partition coefficient (Wildman–Crippen LogP) is 3.72. The number of carbonyl (C=O) groups is 1. The molecule has 3 heterocycles. The van der Waals surface area contributed by atoms with Crippen molar-refractivity contribution < 1.29 is 9.00 Å². The maximum atomic E-state index is 13.3. The minimum atomic E-state index is -1.42. The fourth-order valence-electron chi connectivity index (χ4n) is 3.54. The highest BCUT2D eigenvalue weighted by molar-refractivity contribution is 8.27. The summed E-state index contributed by atoms with van der Waals surface area (Å²) in [6.45, 7) is 8.04. The molecule has 3 aliphatic heterocycles. The van der Waals surface area contributed by atoms with Crippen molar-refractivity contribution in [3.8, 4) is 0 Å². The molecule has 1 atom stereocenters. The van der Waals surface area contributed by atoms with E-state index >= 15 is 0 Å². The van der Waals surface area contributed by atoms with E-state index in [1.807, 2.05) is 37.1 Å². The van der Waals surface area contributed by atoms with Gasteiger partial charge in [0, 0.05) is 25.8 Å². The fraction of sp³-hybridized carbons (Fsp3) is 0.286. The number of allylic oxidation sites excluding steroid dienone is 1. The van der Waals surface area contributed by atoms with Gasteiger partial charge in [-0.15, -0.1) is 0 Å². The first-order valence-electron chi connectivity index (χ1n) is 9.81. The van der Waals surface area contributed by atoms with Crippen molar-refractivity contribution in [1.82, 2.24) is 9.80 Å². The van der Waals surface area contributed by atoms with Crippen molar-refractivity contribution in [3.63, 3.8) is 0 Å². The third-order valence-electron chi connectivity index (χ3n) is 5.03. The number of hydrogen-bond acceptors (Lipinski definition) is 6. The second-order valence-corrected chi connectivity index (χ2v) is 10.9. The van der Waals surface area contributed by atoms with Crippen LogP contribution in [0.3, 0.4) is 0 Å². The van der Waals surface area contributed by atoms with Crippen molar-refractivity contribution >= 4 is 62.5 Å². The van der Waals surface area contributed by atoms with Crippen LogP contribution in [-0.4, -0.2) is 43.9 Å². The number of likely N-dealkylation sites (N-methyl/N-ethyl adjacent to an activating group) is 2. The number of rotatable bonds is 5. The fourth-order valence-corrected chi connectivity index (χ4v) is 7.78. The molecular weight excluding hydrogens is 455 g/mol. The van der Waals surface area contributed by atoms with Gasteiger partial charge in [0.05, 0.1) is 21.9 Å². The second-order valence-electron chi connectivity index (χ2n) is 6.67. The van der Waals surface area contributed by atoms with Crippen LogP contribution in [0.15, 0.2) is 62.4 Å². The van der Waals surface area contributed by atoms with Crippen molar-refractivity contribution in [2.45, 2.75) is 25.7 Å². The Morgan fingerprint density at radius 2 is 1.97 bits per heavy atom. The second kappa shape index (κ2) is 8.82. The van der Waals surface area contributed by atoms with Crippen molar-refractivity contribution in [3.05, 3.63) is 62.8 Å². The SMILES string of the molecule is CCN1C=C(C=C[C-]2[SH+]c3ccccc3N2CC)S(=O)C1=C1SC(=S)N(CC)C1=O. The average Bonchev–Trinajstić information content (AvgIpc) is 3.36. The van der Waals surface area contributed by atoms with Gasteiger partial charge in [0.15, 0.2) is 4.90 Å². The lowest BCUT2D eigenvalue weighted by atomic mass is 10.3. The molecular formula is C21H23N3O2S4. The molecule has 0 saturated carbocycles. The quantitative estimate of drug-likeness (QED) is 0.212. The maximum absolute atomic E-state index is 13.3. The molecule has 1 saturated heterocycles. The zero-order valence-corrected chi connectivity index (χ0v) is 20.3. The van der Waals surface area contributed by atoms with E-state index in [1.165, 1.54) is 22.3 Å². The summed E-state index contributed by atoms with van der Waals surface area (Å²) in [5.41, 5.74) is 1.22. The molecule has 0 radical (unpaired) electrons. The van der Waals surface area contributed by atoms with Crippen LogP contribution in [0, 0.1) is 5.37 Å². The molecule has 1 aromatic rings. The van der Waals surface area contributed by atoms with E-state index in [0.29, 0.717) is 32.2 Å². The smallest absolute Gasteiger partial charge is 0.268 e. The number of hydrogen-bond donors (Lipinski definition) is 0. The van der Waals surface area contributed by atoms with Gasteiger partial charge < -0.3 is 9.80 Å². The molecule has 0 spiro atoms. The third-order valence-corrected chi connectivity index (χ3v) is 9.30. The van der Waals surface area contributed by atoms with Gasteiger partial charge in [-0.2, -0.15) is 12.2 Å². The van der Waals surface area contributed by atoms with Gasteiger partial charge in [0.2, 0.25) is 0 Å². The Balaban J connectivity index is 1.60. The summed E-state index contributed by atoms with van der Waals surface area (Å²) in [6, 6.07) is 8.38. The highest BCUT2D eigenvalue weighted by Crippen LogP contribution is 2.41. The molecule has 3 aliphatic rings. The molecule has 0 N–H and O–H groups in total. The molecule has 4 rings (SSSR count). The number of fused-ring (bicyclic) bond motifs is 1. The van der Waals surface area contributed by atoms with E-state index in [4.69, 9.17) is 12.2 Å². The maximum Gasteiger partial charge on any atom is 0.268 e. The molecule has 1 unspecified atom stereocenters. The number of nitrogens with zero attached hydrogens (tertiary/aromatic N) is 3. The van der Waals surface area contributed by atoms with E-state index in [0.717, 1.165) is 23.7 Å². The summed E-state index contributed by atoms with van der Waals surface area (Å²) in [5.74, 6) is -0.149. The summed E-state index contributed by atoms with van der Waals surface area (Å²) >= 11 is 7.73. The number of thioether (sulfide) groups is 1. The summed E-state index contributed by atoms with van der Waals surface area (Å²) in [4.78, 5) is 21.0. The van der Waals surface area contributed by atoms with E-state index in [2.05, 4.69) is 36.1 Å². The number of benzene rings is 1. The third kappa shape index (κ3) is 3.62. The Hall–Kier alpha value is -1.68. The zero-order chi connectivity index (χ0) is 21.4. The molecule has 30 heavy (non-hydrogen) atoms. The number of thiocarbonyl (C=S) groups is 1. The Bertz CT molecular complexity index is 1020. The number of thiol groups is 1. The number of carbonyl (C=O) groups excluding carboxylic acids is 1.